The van der Waals surface area contributed by atoms with Gasteiger partial charge in [-0.2, -0.15) is 0 Å². The molecule has 0 aromatic carbocycles. The average Bonchev–Trinajstić information content (AvgIpc) is 2.99. The Bertz CT molecular complexity index is 325. The molecule has 0 N–H and O–H groups in total. The summed E-state index contributed by atoms with van der Waals surface area (Å²) in [5.74, 6) is 1.89. The second-order valence-electron chi connectivity index (χ2n) is 6.70. The van der Waals surface area contributed by atoms with Crippen LogP contribution in [0.2, 0.25) is 0 Å². The monoisotopic (exact) mass is 276 g/mol. The van der Waals surface area contributed by atoms with Gasteiger partial charge in [-0.05, 0) is 24.7 Å². The Morgan fingerprint density at radius 3 is 2.70 bits per heavy atom. The molecular weight excluding hydrogens is 244 g/mol. The summed E-state index contributed by atoms with van der Waals surface area (Å²) < 4.78 is 2.28. The summed E-state index contributed by atoms with van der Waals surface area (Å²) in [4.78, 5) is 4.18. The van der Waals surface area contributed by atoms with Crippen LogP contribution in [0, 0.1) is 11.8 Å². The van der Waals surface area contributed by atoms with Crippen LogP contribution >= 0.6 is 0 Å². The summed E-state index contributed by atoms with van der Waals surface area (Å²) in [6.07, 6.45) is 21.8. The molecule has 2 rings (SSSR count). The van der Waals surface area contributed by atoms with Crippen molar-refractivity contribution in [1.29, 1.82) is 0 Å². The van der Waals surface area contributed by atoms with Gasteiger partial charge in [0.25, 0.3) is 0 Å². The van der Waals surface area contributed by atoms with Crippen molar-refractivity contribution in [1.82, 2.24) is 9.55 Å². The smallest absolute Gasteiger partial charge is 0.0945 e. The highest BCUT2D eigenvalue weighted by Crippen LogP contribution is 2.30. The number of hydrogen-bond donors (Lipinski definition) is 0. The van der Waals surface area contributed by atoms with Gasteiger partial charge in [-0.15, -0.1) is 0 Å². The third kappa shape index (κ3) is 5.68. The van der Waals surface area contributed by atoms with Crippen molar-refractivity contribution < 1.29 is 0 Å². The molecule has 1 fully saturated rings. The Morgan fingerprint density at radius 2 is 2.00 bits per heavy atom. The summed E-state index contributed by atoms with van der Waals surface area (Å²) in [5, 5.41) is 0. The molecular formula is C18H32N2. The zero-order valence-electron chi connectivity index (χ0n) is 13.3. The number of nitrogens with zero attached hydrogens (tertiary/aromatic N) is 2. The van der Waals surface area contributed by atoms with E-state index in [2.05, 4.69) is 22.7 Å². The van der Waals surface area contributed by atoms with Crippen LogP contribution in [0.4, 0.5) is 0 Å². The summed E-state index contributed by atoms with van der Waals surface area (Å²) in [6.45, 7) is 3.48. The van der Waals surface area contributed by atoms with E-state index in [-0.39, 0.29) is 0 Å². The van der Waals surface area contributed by atoms with Gasteiger partial charge < -0.3 is 4.57 Å². The van der Waals surface area contributed by atoms with E-state index < -0.39 is 0 Å². The maximum atomic E-state index is 4.18. The molecule has 1 aromatic heterocycles. The van der Waals surface area contributed by atoms with Crippen LogP contribution in [0.5, 0.6) is 0 Å². The van der Waals surface area contributed by atoms with Crippen molar-refractivity contribution in [2.45, 2.75) is 84.1 Å². The number of unbranched alkanes of at least 4 members (excludes halogenated alkanes) is 2. The molecule has 1 saturated carbocycles. The van der Waals surface area contributed by atoms with Crippen LogP contribution in [-0.2, 0) is 6.54 Å². The number of rotatable bonds is 9. The molecule has 0 radical (unpaired) electrons. The number of hydrogen-bond acceptors (Lipinski definition) is 1. The minimum absolute atomic E-state index is 0.859. The Balaban J connectivity index is 1.75. The molecule has 2 nitrogen and oxygen atoms in total. The van der Waals surface area contributed by atoms with Crippen molar-refractivity contribution in [3.8, 4) is 0 Å². The lowest BCUT2D eigenvalue weighted by atomic mass is 9.83. The van der Waals surface area contributed by atoms with Crippen molar-refractivity contribution in [3.05, 3.63) is 18.7 Å². The molecule has 1 atom stereocenters. The van der Waals surface area contributed by atoms with Crippen LogP contribution in [0.15, 0.2) is 18.7 Å². The molecule has 0 amide bonds. The summed E-state index contributed by atoms with van der Waals surface area (Å²) >= 11 is 0. The molecule has 1 unspecified atom stereocenters. The Morgan fingerprint density at radius 1 is 1.15 bits per heavy atom. The van der Waals surface area contributed by atoms with E-state index in [1.54, 1.807) is 0 Å². The van der Waals surface area contributed by atoms with Gasteiger partial charge in [-0.3, -0.25) is 0 Å². The van der Waals surface area contributed by atoms with E-state index in [4.69, 9.17) is 0 Å². The van der Waals surface area contributed by atoms with E-state index in [1.807, 2.05) is 12.5 Å². The predicted molar refractivity (Wildman–Crippen MR) is 85.7 cm³/mol. The predicted octanol–water partition coefficient (Wildman–Crippen LogP) is 5.44. The normalized spacial score (nSPS) is 18.2. The zero-order valence-corrected chi connectivity index (χ0v) is 13.3. The first-order valence-corrected chi connectivity index (χ1v) is 8.84. The molecule has 2 heteroatoms. The molecule has 1 aliphatic carbocycles. The van der Waals surface area contributed by atoms with Gasteiger partial charge in [0, 0.05) is 18.9 Å². The van der Waals surface area contributed by atoms with Gasteiger partial charge in [0.05, 0.1) is 6.33 Å². The Labute approximate surface area is 125 Å². The SMILES string of the molecule is CCCCCC(CCC1CCCCC1)Cn1ccnc1. The van der Waals surface area contributed by atoms with Gasteiger partial charge in [0.2, 0.25) is 0 Å². The van der Waals surface area contributed by atoms with Crippen molar-refractivity contribution in [2.75, 3.05) is 0 Å². The number of imidazole rings is 1. The second-order valence-corrected chi connectivity index (χ2v) is 6.70. The lowest BCUT2D eigenvalue weighted by Crippen LogP contribution is -2.13. The number of aromatic nitrogens is 2. The minimum atomic E-state index is 0.859. The quantitative estimate of drug-likeness (QED) is 0.549. The molecule has 0 aliphatic heterocycles. The molecule has 1 aliphatic rings. The molecule has 114 valence electrons. The van der Waals surface area contributed by atoms with Gasteiger partial charge in [-0.25, -0.2) is 4.98 Å². The molecule has 1 heterocycles. The molecule has 0 bridgehead atoms. The molecule has 0 spiro atoms. The highest BCUT2D eigenvalue weighted by atomic mass is 15.0. The lowest BCUT2D eigenvalue weighted by Gasteiger charge is -2.24. The average molecular weight is 276 g/mol. The topological polar surface area (TPSA) is 17.8 Å². The molecule has 1 aromatic rings. The van der Waals surface area contributed by atoms with E-state index >= 15 is 0 Å². The largest absolute Gasteiger partial charge is 0.337 e. The van der Waals surface area contributed by atoms with Crippen LogP contribution in [-0.4, -0.2) is 9.55 Å². The molecule has 0 saturated heterocycles. The highest BCUT2D eigenvalue weighted by Gasteiger charge is 2.16. The fraction of sp³-hybridized carbons (Fsp3) is 0.833. The minimum Gasteiger partial charge on any atom is -0.337 e. The maximum absolute atomic E-state index is 4.18. The first-order valence-electron chi connectivity index (χ1n) is 8.84. The first-order chi connectivity index (χ1) is 9.88. The standard InChI is InChI=1S/C18H32N2/c1-2-3-5-10-18(15-20-14-13-19-16-20)12-11-17-8-6-4-7-9-17/h13-14,16-18H,2-12,15H2,1H3. The van der Waals surface area contributed by atoms with E-state index in [0.29, 0.717) is 0 Å². The third-order valence-electron chi connectivity index (χ3n) is 4.95. The van der Waals surface area contributed by atoms with Crippen LogP contribution in [0.25, 0.3) is 0 Å². The van der Waals surface area contributed by atoms with Gasteiger partial charge in [0.15, 0.2) is 0 Å². The Hall–Kier alpha value is -0.790. The van der Waals surface area contributed by atoms with E-state index in [9.17, 15) is 0 Å². The van der Waals surface area contributed by atoms with Gasteiger partial charge in [0.1, 0.15) is 0 Å². The van der Waals surface area contributed by atoms with Crippen LogP contribution in [0.3, 0.4) is 0 Å². The van der Waals surface area contributed by atoms with Crippen molar-refractivity contribution in [3.63, 3.8) is 0 Å². The van der Waals surface area contributed by atoms with Crippen molar-refractivity contribution in [2.24, 2.45) is 11.8 Å². The van der Waals surface area contributed by atoms with E-state index in [1.165, 1.54) is 77.2 Å². The van der Waals surface area contributed by atoms with Crippen LogP contribution in [0.1, 0.15) is 77.6 Å². The van der Waals surface area contributed by atoms with Crippen LogP contribution < -0.4 is 0 Å². The maximum Gasteiger partial charge on any atom is 0.0945 e. The third-order valence-corrected chi connectivity index (χ3v) is 4.95. The molecule has 20 heavy (non-hydrogen) atoms. The fourth-order valence-corrected chi connectivity index (χ4v) is 3.65. The summed E-state index contributed by atoms with van der Waals surface area (Å²) in [6, 6.07) is 0. The second kappa shape index (κ2) is 9.20. The van der Waals surface area contributed by atoms with Gasteiger partial charge >= 0.3 is 0 Å². The zero-order chi connectivity index (χ0) is 14.0. The first kappa shape index (κ1) is 15.6. The lowest BCUT2D eigenvalue weighted by molar-refractivity contribution is 0.284. The van der Waals surface area contributed by atoms with Gasteiger partial charge in [-0.1, -0.05) is 64.7 Å². The highest BCUT2D eigenvalue weighted by molar-refractivity contribution is 4.76. The summed E-state index contributed by atoms with van der Waals surface area (Å²) in [7, 11) is 0. The Kier molecular flexibility index (Phi) is 7.18. The summed E-state index contributed by atoms with van der Waals surface area (Å²) in [5.41, 5.74) is 0. The fourth-order valence-electron chi connectivity index (χ4n) is 3.65. The van der Waals surface area contributed by atoms with Crippen molar-refractivity contribution >= 4 is 0 Å². The van der Waals surface area contributed by atoms with E-state index in [0.717, 1.165) is 11.8 Å².